The van der Waals surface area contributed by atoms with Gasteiger partial charge in [-0.05, 0) is 48.7 Å². The van der Waals surface area contributed by atoms with Crippen LogP contribution in [0.4, 0.5) is 0 Å². The number of nitrogens with one attached hydrogen (secondary N) is 1. The molecule has 3 heterocycles. The van der Waals surface area contributed by atoms with Crippen molar-refractivity contribution in [2.24, 2.45) is 0 Å². The summed E-state index contributed by atoms with van der Waals surface area (Å²) in [7, 11) is 0. The first-order valence-electron chi connectivity index (χ1n) is 8.94. The molecule has 3 aromatic rings. The first-order valence-corrected chi connectivity index (χ1v) is 10.8. The van der Waals surface area contributed by atoms with Crippen molar-refractivity contribution in [1.29, 1.82) is 0 Å². The van der Waals surface area contributed by atoms with Crippen LogP contribution < -0.4 is 19.5 Å². The Bertz CT molecular complexity index is 893. The van der Waals surface area contributed by atoms with Crippen molar-refractivity contribution in [2.75, 3.05) is 13.4 Å². The zero-order chi connectivity index (χ0) is 18.6. The summed E-state index contributed by atoms with van der Waals surface area (Å²) < 4.78 is 16.8. The molecule has 0 radical (unpaired) electrons. The van der Waals surface area contributed by atoms with Crippen LogP contribution in [0.1, 0.15) is 34.8 Å². The first kappa shape index (κ1) is 18.3. The summed E-state index contributed by atoms with van der Waals surface area (Å²) in [5.74, 6) is 2.35. The smallest absolute Gasteiger partial charge is 0.231 e. The van der Waals surface area contributed by atoms with Gasteiger partial charge >= 0.3 is 0 Å². The van der Waals surface area contributed by atoms with E-state index in [4.69, 9.17) is 19.2 Å². The minimum Gasteiger partial charge on any atom is -0.493 e. The molecule has 0 saturated carbocycles. The van der Waals surface area contributed by atoms with Crippen molar-refractivity contribution >= 4 is 22.7 Å². The van der Waals surface area contributed by atoms with Crippen molar-refractivity contribution in [1.82, 2.24) is 10.3 Å². The minimum absolute atomic E-state index is 0.151. The molecular formula is C20H22N2O3S2. The lowest BCUT2D eigenvalue weighted by Crippen LogP contribution is -2.23. The molecule has 1 aliphatic heterocycles. The van der Waals surface area contributed by atoms with Gasteiger partial charge in [-0.15, -0.1) is 11.3 Å². The monoisotopic (exact) mass is 402 g/mol. The van der Waals surface area contributed by atoms with Crippen LogP contribution in [0, 0.1) is 6.92 Å². The van der Waals surface area contributed by atoms with E-state index in [1.165, 1.54) is 5.56 Å². The number of hydrogen-bond donors (Lipinski definition) is 1. The zero-order valence-corrected chi connectivity index (χ0v) is 17.0. The van der Waals surface area contributed by atoms with Crippen LogP contribution in [0.3, 0.4) is 0 Å². The molecule has 5 nitrogen and oxygen atoms in total. The van der Waals surface area contributed by atoms with Crippen molar-refractivity contribution in [3.8, 4) is 17.2 Å². The van der Waals surface area contributed by atoms with Crippen LogP contribution in [0.25, 0.3) is 0 Å². The Balaban J connectivity index is 1.55. The highest BCUT2D eigenvalue weighted by atomic mass is 32.1. The lowest BCUT2D eigenvalue weighted by molar-refractivity contribution is 0.173. The molecule has 1 atom stereocenters. The van der Waals surface area contributed by atoms with Crippen LogP contribution in [-0.4, -0.2) is 18.4 Å². The number of nitrogens with zero attached hydrogens (tertiary/aromatic N) is 1. The molecule has 0 fully saturated rings. The summed E-state index contributed by atoms with van der Waals surface area (Å²) in [4.78, 5) is 4.70. The van der Waals surface area contributed by atoms with Gasteiger partial charge in [0.1, 0.15) is 10.8 Å². The standard InChI is InChI=1S/C20H22N2O3S2/c1-3-23-17-8-19-18(24-12-25-19)7-15(17)9-21-16(6-14-4-5-26-11-14)20-22-13(2)10-27-20/h4-5,7-8,10-11,16,21H,3,6,9,12H2,1-2H3. The van der Waals surface area contributed by atoms with E-state index in [-0.39, 0.29) is 12.8 Å². The maximum Gasteiger partial charge on any atom is 0.231 e. The van der Waals surface area contributed by atoms with Gasteiger partial charge in [-0.25, -0.2) is 4.98 Å². The zero-order valence-electron chi connectivity index (χ0n) is 15.4. The second-order valence-electron chi connectivity index (χ2n) is 6.34. The summed E-state index contributed by atoms with van der Waals surface area (Å²) in [5, 5.41) is 11.2. The molecular weight excluding hydrogens is 380 g/mol. The third-order valence-electron chi connectivity index (χ3n) is 4.35. The topological polar surface area (TPSA) is 52.6 Å². The van der Waals surface area contributed by atoms with Gasteiger partial charge in [0.15, 0.2) is 11.5 Å². The van der Waals surface area contributed by atoms with Crippen LogP contribution in [0.15, 0.2) is 34.3 Å². The Kier molecular flexibility index (Phi) is 5.61. The number of rotatable bonds is 8. The average Bonchev–Trinajstić information content (AvgIpc) is 3.40. The van der Waals surface area contributed by atoms with E-state index in [1.807, 2.05) is 26.0 Å². The molecule has 1 aromatic carbocycles. The molecule has 142 valence electrons. The minimum atomic E-state index is 0.151. The maximum atomic E-state index is 5.82. The third kappa shape index (κ3) is 4.26. The fraction of sp³-hybridized carbons (Fsp3) is 0.350. The van der Waals surface area contributed by atoms with Crippen LogP contribution >= 0.6 is 22.7 Å². The van der Waals surface area contributed by atoms with Gasteiger partial charge in [-0.3, -0.25) is 0 Å². The summed E-state index contributed by atoms with van der Waals surface area (Å²) in [5.41, 5.74) is 3.44. The SMILES string of the molecule is CCOc1cc2c(cc1CNC(Cc1ccsc1)c1nc(C)cs1)OCO2. The van der Waals surface area contributed by atoms with Crippen LogP contribution in [-0.2, 0) is 13.0 Å². The highest BCUT2D eigenvalue weighted by molar-refractivity contribution is 7.09. The van der Waals surface area contributed by atoms with Gasteiger partial charge in [-0.2, -0.15) is 11.3 Å². The van der Waals surface area contributed by atoms with Gasteiger partial charge in [-0.1, -0.05) is 0 Å². The Morgan fingerprint density at radius 2 is 2.11 bits per heavy atom. The van der Waals surface area contributed by atoms with Gasteiger partial charge in [0.05, 0.1) is 12.6 Å². The molecule has 0 amide bonds. The second-order valence-corrected chi connectivity index (χ2v) is 8.01. The van der Waals surface area contributed by atoms with E-state index < -0.39 is 0 Å². The molecule has 4 rings (SSSR count). The molecule has 0 spiro atoms. The summed E-state index contributed by atoms with van der Waals surface area (Å²) >= 11 is 3.43. The molecule has 1 N–H and O–H groups in total. The van der Waals surface area contributed by atoms with Crippen molar-refractivity contribution in [3.05, 3.63) is 56.2 Å². The van der Waals surface area contributed by atoms with E-state index in [2.05, 4.69) is 27.5 Å². The highest BCUT2D eigenvalue weighted by Gasteiger charge is 2.20. The maximum absolute atomic E-state index is 5.82. The lowest BCUT2D eigenvalue weighted by atomic mass is 10.1. The lowest BCUT2D eigenvalue weighted by Gasteiger charge is -2.18. The Hall–Kier alpha value is -2.09. The van der Waals surface area contributed by atoms with E-state index >= 15 is 0 Å². The Morgan fingerprint density at radius 1 is 1.26 bits per heavy atom. The largest absolute Gasteiger partial charge is 0.493 e. The molecule has 1 aliphatic rings. The fourth-order valence-corrected chi connectivity index (χ4v) is 4.60. The fourth-order valence-electron chi connectivity index (χ4n) is 3.05. The van der Waals surface area contributed by atoms with Crippen LogP contribution in [0.5, 0.6) is 17.2 Å². The molecule has 0 bridgehead atoms. The number of benzene rings is 1. The van der Waals surface area contributed by atoms with E-state index in [9.17, 15) is 0 Å². The summed E-state index contributed by atoms with van der Waals surface area (Å²) in [6.07, 6.45) is 0.908. The van der Waals surface area contributed by atoms with E-state index in [1.54, 1.807) is 22.7 Å². The van der Waals surface area contributed by atoms with Gasteiger partial charge < -0.3 is 19.5 Å². The molecule has 2 aromatic heterocycles. The number of aromatic nitrogens is 1. The molecule has 1 unspecified atom stereocenters. The van der Waals surface area contributed by atoms with Crippen LogP contribution in [0.2, 0.25) is 0 Å². The molecule has 27 heavy (non-hydrogen) atoms. The number of aryl methyl sites for hydroxylation is 1. The predicted molar refractivity (Wildman–Crippen MR) is 108 cm³/mol. The Labute approximate surface area is 166 Å². The first-order chi connectivity index (χ1) is 13.2. The van der Waals surface area contributed by atoms with E-state index in [0.717, 1.165) is 39.9 Å². The average molecular weight is 403 g/mol. The van der Waals surface area contributed by atoms with Gasteiger partial charge in [0.2, 0.25) is 6.79 Å². The predicted octanol–water partition coefficient (Wildman–Crippen LogP) is 4.71. The highest BCUT2D eigenvalue weighted by Crippen LogP contribution is 2.38. The second kappa shape index (κ2) is 8.29. The number of ether oxygens (including phenoxy) is 3. The number of fused-ring (bicyclic) bond motifs is 1. The third-order valence-corrected chi connectivity index (χ3v) is 6.16. The Morgan fingerprint density at radius 3 is 2.81 bits per heavy atom. The van der Waals surface area contributed by atoms with E-state index in [0.29, 0.717) is 13.2 Å². The molecule has 0 saturated heterocycles. The van der Waals surface area contributed by atoms with Crippen molar-refractivity contribution in [3.63, 3.8) is 0 Å². The molecule has 0 aliphatic carbocycles. The number of thiazole rings is 1. The number of hydrogen-bond acceptors (Lipinski definition) is 7. The van der Waals surface area contributed by atoms with Gasteiger partial charge in [0, 0.05) is 29.2 Å². The van der Waals surface area contributed by atoms with Gasteiger partial charge in [0.25, 0.3) is 0 Å². The normalized spacial score (nSPS) is 13.7. The quantitative estimate of drug-likeness (QED) is 0.591. The van der Waals surface area contributed by atoms with Crippen molar-refractivity contribution in [2.45, 2.75) is 32.9 Å². The molecule has 7 heteroatoms. The summed E-state index contributed by atoms with van der Waals surface area (Å²) in [6.45, 7) is 5.55. The van der Waals surface area contributed by atoms with Crippen molar-refractivity contribution < 1.29 is 14.2 Å². The summed E-state index contributed by atoms with van der Waals surface area (Å²) in [6, 6.07) is 6.25. The number of thiophene rings is 1.